The number of hydrogen-bond acceptors (Lipinski definition) is 4. The zero-order valence-corrected chi connectivity index (χ0v) is 15.4. The van der Waals surface area contributed by atoms with Crippen molar-refractivity contribution >= 4 is 17.0 Å². The Morgan fingerprint density at radius 3 is 2.81 bits per heavy atom. The van der Waals surface area contributed by atoms with E-state index in [-0.39, 0.29) is 17.1 Å². The van der Waals surface area contributed by atoms with E-state index in [1.807, 2.05) is 25.1 Å². The minimum absolute atomic E-state index is 0.0649. The van der Waals surface area contributed by atoms with Gasteiger partial charge in [-0.15, -0.1) is 0 Å². The Hall–Kier alpha value is -2.34. The van der Waals surface area contributed by atoms with Gasteiger partial charge in [-0.2, -0.15) is 0 Å². The van der Waals surface area contributed by atoms with E-state index in [9.17, 15) is 9.59 Å². The van der Waals surface area contributed by atoms with Crippen LogP contribution in [0.1, 0.15) is 30.5 Å². The van der Waals surface area contributed by atoms with E-state index in [1.54, 1.807) is 18.0 Å². The predicted octanol–water partition coefficient (Wildman–Crippen LogP) is 2.64. The van der Waals surface area contributed by atoms with Crippen molar-refractivity contribution in [1.29, 1.82) is 0 Å². The minimum Gasteiger partial charge on any atom is -0.441 e. The molecule has 1 spiro atoms. The summed E-state index contributed by atoms with van der Waals surface area (Å²) in [6.45, 7) is 5.17. The number of nitrogens with zero attached hydrogens (tertiary/aromatic N) is 2. The number of aromatic amines is 1. The average molecular weight is 355 g/mol. The fraction of sp³-hybridized carbons (Fsp3) is 0.500. The molecule has 0 aliphatic carbocycles. The lowest BCUT2D eigenvalue weighted by atomic mass is 9.95. The number of aryl methyl sites for hydroxylation is 1. The number of pyridine rings is 1. The second-order valence-corrected chi connectivity index (χ2v) is 7.74. The molecule has 4 rings (SSSR count). The molecule has 6 nitrogen and oxygen atoms in total. The molecule has 2 saturated heterocycles. The van der Waals surface area contributed by atoms with Crippen LogP contribution in [-0.4, -0.2) is 53.2 Å². The van der Waals surface area contributed by atoms with Gasteiger partial charge in [-0.3, -0.25) is 9.69 Å². The van der Waals surface area contributed by atoms with E-state index >= 15 is 0 Å². The molecule has 1 atom stereocenters. The minimum atomic E-state index is -0.338. The molecule has 6 heteroatoms. The maximum Gasteiger partial charge on any atom is 0.410 e. The van der Waals surface area contributed by atoms with Gasteiger partial charge >= 0.3 is 6.09 Å². The van der Waals surface area contributed by atoms with Gasteiger partial charge < -0.3 is 14.6 Å². The van der Waals surface area contributed by atoms with Gasteiger partial charge in [-0.25, -0.2) is 4.79 Å². The molecule has 2 fully saturated rings. The Morgan fingerprint density at radius 1 is 1.19 bits per heavy atom. The first-order chi connectivity index (χ1) is 12.4. The third-order valence-electron chi connectivity index (χ3n) is 5.57. The van der Waals surface area contributed by atoms with Crippen LogP contribution in [0.25, 0.3) is 10.9 Å². The van der Waals surface area contributed by atoms with Crippen LogP contribution in [0.15, 0.2) is 29.1 Å². The Balaban J connectivity index is 1.50. The van der Waals surface area contributed by atoms with Crippen molar-refractivity contribution in [3.8, 4) is 0 Å². The number of likely N-dealkylation sites (tertiary alicyclic amines) is 1. The highest BCUT2D eigenvalue weighted by atomic mass is 16.6. The fourth-order valence-electron chi connectivity index (χ4n) is 4.18. The van der Waals surface area contributed by atoms with Gasteiger partial charge in [-0.1, -0.05) is 11.6 Å². The number of rotatable bonds is 2. The lowest BCUT2D eigenvalue weighted by Gasteiger charge is -2.25. The van der Waals surface area contributed by atoms with Crippen LogP contribution < -0.4 is 5.43 Å². The van der Waals surface area contributed by atoms with Crippen LogP contribution in [0.2, 0.25) is 0 Å². The molecule has 2 aromatic rings. The maximum absolute atomic E-state index is 12.4. The predicted molar refractivity (Wildman–Crippen MR) is 100 cm³/mol. The normalized spacial score (nSPS) is 24.2. The smallest absolute Gasteiger partial charge is 0.410 e. The molecule has 0 unspecified atom stereocenters. The zero-order chi connectivity index (χ0) is 18.3. The highest BCUT2D eigenvalue weighted by molar-refractivity contribution is 5.79. The molecule has 138 valence electrons. The third-order valence-corrected chi connectivity index (χ3v) is 5.57. The van der Waals surface area contributed by atoms with Gasteiger partial charge in [0.15, 0.2) is 5.43 Å². The summed E-state index contributed by atoms with van der Waals surface area (Å²) in [5.74, 6) is 0. The lowest BCUT2D eigenvalue weighted by molar-refractivity contribution is 0.0442. The fourth-order valence-corrected chi connectivity index (χ4v) is 4.18. The van der Waals surface area contributed by atoms with Gasteiger partial charge in [0.25, 0.3) is 0 Å². The van der Waals surface area contributed by atoms with E-state index in [1.165, 1.54) is 0 Å². The van der Waals surface area contributed by atoms with Crippen molar-refractivity contribution in [2.75, 3.05) is 26.7 Å². The van der Waals surface area contributed by atoms with Crippen molar-refractivity contribution < 1.29 is 9.53 Å². The molecular formula is C20H25N3O3. The first-order valence-corrected chi connectivity index (χ1v) is 9.23. The van der Waals surface area contributed by atoms with Gasteiger partial charge in [0.05, 0.1) is 6.54 Å². The van der Waals surface area contributed by atoms with E-state index < -0.39 is 0 Å². The highest BCUT2D eigenvalue weighted by Crippen LogP contribution is 2.32. The SMILES string of the molecule is Cc1ccc2[nH]c(CN3CCC[C@@]4(CC3)CN(C)C(=O)O4)cc(=O)c2c1. The zero-order valence-electron chi connectivity index (χ0n) is 15.4. The second-order valence-electron chi connectivity index (χ2n) is 7.74. The maximum atomic E-state index is 12.4. The van der Waals surface area contributed by atoms with Crippen LogP contribution in [0.4, 0.5) is 4.79 Å². The Bertz CT molecular complexity index is 907. The molecule has 0 saturated carbocycles. The van der Waals surface area contributed by atoms with E-state index in [0.29, 0.717) is 13.1 Å². The topological polar surface area (TPSA) is 65.6 Å². The number of amides is 1. The number of nitrogens with one attached hydrogen (secondary N) is 1. The Kier molecular flexibility index (Phi) is 4.23. The highest BCUT2D eigenvalue weighted by Gasteiger charge is 2.44. The molecule has 3 heterocycles. The molecule has 1 aromatic heterocycles. The average Bonchev–Trinajstić information content (AvgIpc) is 2.75. The van der Waals surface area contributed by atoms with Gasteiger partial charge in [0.2, 0.25) is 0 Å². The molecular weight excluding hydrogens is 330 g/mol. The largest absolute Gasteiger partial charge is 0.441 e. The van der Waals surface area contributed by atoms with Crippen LogP contribution >= 0.6 is 0 Å². The molecule has 0 bridgehead atoms. The van der Waals surface area contributed by atoms with Crippen LogP contribution in [0.5, 0.6) is 0 Å². The summed E-state index contributed by atoms with van der Waals surface area (Å²) in [5, 5.41) is 0.740. The number of benzene rings is 1. The summed E-state index contributed by atoms with van der Waals surface area (Å²) in [5.41, 5.74) is 2.63. The number of likely N-dealkylation sites (N-methyl/N-ethyl adjacent to an activating group) is 1. The van der Waals surface area contributed by atoms with Crippen LogP contribution in [-0.2, 0) is 11.3 Å². The van der Waals surface area contributed by atoms with Gasteiger partial charge in [-0.05, 0) is 38.4 Å². The molecule has 0 radical (unpaired) electrons. The van der Waals surface area contributed by atoms with Crippen molar-refractivity contribution in [1.82, 2.24) is 14.8 Å². The summed E-state index contributed by atoms with van der Waals surface area (Å²) in [6, 6.07) is 7.63. The standard InChI is InChI=1S/C20H25N3O3/c1-14-4-5-17-16(10-14)18(24)11-15(21-17)12-23-8-3-6-20(7-9-23)13-22(2)19(25)26-20/h4-5,10-11H,3,6-9,12-13H2,1-2H3,(H,21,24)/t20-/m1/s1. The number of carbonyl (C=O) groups excluding carboxylic acids is 1. The van der Waals surface area contributed by atoms with Crippen LogP contribution in [0, 0.1) is 6.92 Å². The number of fused-ring (bicyclic) bond motifs is 1. The first kappa shape index (κ1) is 17.1. The summed E-state index contributed by atoms with van der Waals surface area (Å²) < 4.78 is 5.67. The molecule has 2 aliphatic heterocycles. The van der Waals surface area contributed by atoms with Crippen molar-refractivity contribution in [3.63, 3.8) is 0 Å². The summed E-state index contributed by atoms with van der Waals surface area (Å²) in [7, 11) is 1.79. The van der Waals surface area contributed by atoms with Crippen molar-refractivity contribution in [2.45, 2.75) is 38.3 Å². The van der Waals surface area contributed by atoms with Gasteiger partial charge in [0.1, 0.15) is 5.60 Å². The Morgan fingerprint density at radius 2 is 2.04 bits per heavy atom. The number of hydrogen-bond donors (Lipinski definition) is 1. The number of H-pyrrole nitrogens is 1. The molecule has 26 heavy (non-hydrogen) atoms. The first-order valence-electron chi connectivity index (χ1n) is 9.23. The molecule has 1 aromatic carbocycles. The summed E-state index contributed by atoms with van der Waals surface area (Å²) >= 11 is 0. The van der Waals surface area contributed by atoms with Crippen molar-refractivity contribution in [2.24, 2.45) is 0 Å². The van der Waals surface area contributed by atoms with E-state index in [2.05, 4.69) is 9.88 Å². The van der Waals surface area contributed by atoms with E-state index in [4.69, 9.17) is 4.74 Å². The van der Waals surface area contributed by atoms with E-state index in [0.717, 1.165) is 54.5 Å². The summed E-state index contributed by atoms with van der Waals surface area (Å²) in [4.78, 5) is 31.6. The molecule has 1 amide bonds. The molecule has 2 aliphatic rings. The monoisotopic (exact) mass is 355 g/mol. The van der Waals surface area contributed by atoms with Crippen molar-refractivity contribution in [3.05, 3.63) is 45.7 Å². The second kappa shape index (κ2) is 6.43. The quantitative estimate of drug-likeness (QED) is 0.899. The Labute approximate surface area is 152 Å². The van der Waals surface area contributed by atoms with Gasteiger partial charge in [0, 0.05) is 49.2 Å². The third kappa shape index (κ3) is 3.21. The number of carbonyl (C=O) groups is 1. The lowest BCUT2D eigenvalue weighted by Crippen LogP contribution is -2.35. The summed E-state index contributed by atoms with van der Waals surface area (Å²) in [6.07, 6.45) is 2.50. The number of ether oxygens (including phenoxy) is 1. The molecule has 1 N–H and O–H groups in total. The number of aromatic nitrogens is 1. The van der Waals surface area contributed by atoms with Crippen LogP contribution in [0.3, 0.4) is 0 Å².